The minimum absolute atomic E-state index is 0.0827. The molecule has 0 saturated carbocycles. The zero-order chi connectivity index (χ0) is 14.1. The number of amides is 1. The molecule has 0 saturated heterocycles. The van der Waals surface area contributed by atoms with Crippen LogP contribution in [0.3, 0.4) is 0 Å². The van der Waals surface area contributed by atoms with Gasteiger partial charge in [-0.25, -0.2) is 4.98 Å². The fraction of sp³-hybridized carbons (Fsp3) is 0.143. The van der Waals surface area contributed by atoms with Gasteiger partial charge in [0.2, 0.25) is 5.22 Å². The quantitative estimate of drug-likeness (QED) is 0.777. The van der Waals surface area contributed by atoms with Gasteiger partial charge in [-0.15, -0.1) is 0 Å². The Hall–Kier alpha value is -2.27. The van der Waals surface area contributed by atoms with E-state index in [1.54, 1.807) is 0 Å². The molecule has 5 nitrogen and oxygen atoms in total. The summed E-state index contributed by atoms with van der Waals surface area (Å²) in [6.07, 6.45) is 1.38. The van der Waals surface area contributed by atoms with E-state index in [1.807, 2.05) is 31.2 Å². The van der Waals surface area contributed by atoms with Crippen LogP contribution in [0, 0.1) is 0 Å². The van der Waals surface area contributed by atoms with Gasteiger partial charge in [0.15, 0.2) is 0 Å². The molecule has 2 heterocycles. The molecule has 3 aromatic rings. The highest BCUT2D eigenvalue weighted by Crippen LogP contribution is 2.19. The van der Waals surface area contributed by atoms with Gasteiger partial charge in [0, 0.05) is 0 Å². The molecule has 20 heavy (non-hydrogen) atoms. The maximum Gasteiger partial charge on any atom is 0.256 e. The number of furan rings is 1. The number of para-hydroxylation sites is 2. The molecule has 3 rings (SSSR count). The highest BCUT2D eigenvalue weighted by Gasteiger charge is 2.18. The van der Waals surface area contributed by atoms with E-state index in [0.717, 1.165) is 11.0 Å². The van der Waals surface area contributed by atoms with Gasteiger partial charge in [-0.05, 0) is 36.7 Å². The minimum atomic E-state index is -0.295. The lowest BCUT2D eigenvalue weighted by Gasteiger charge is -2.10. The van der Waals surface area contributed by atoms with E-state index in [4.69, 9.17) is 16.0 Å². The van der Waals surface area contributed by atoms with Gasteiger partial charge in [-0.1, -0.05) is 12.1 Å². The van der Waals surface area contributed by atoms with Gasteiger partial charge < -0.3 is 14.7 Å². The van der Waals surface area contributed by atoms with Crippen LogP contribution in [0.4, 0.5) is 0 Å². The first-order valence-electron chi connectivity index (χ1n) is 6.13. The SMILES string of the molecule is CC(NC(=O)c1ccoc1Cl)c1nc2ccccc2[nH]1. The molecule has 1 amide bonds. The number of H-pyrrole nitrogens is 1. The second kappa shape index (κ2) is 5.02. The molecule has 0 aliphatic carbocycles. The Balaban J connectivity index is 1.80. The molecule has 0 bridgehead atoms. The van der Waals surface area contributed by atoms with E-state index in [-0.39, 0.29) is 17.2 Å². The third-order valence-electron chi connectivity index (χ3n) is 3.03. The van der Waals surface area contributed by atoms with Crippen LogP contribution < -0.4 is 5.32 Å². The predicted octanol–water partition coefficient (Wildman–Crippen LogP) is 3.30. The lowest BCUT2D eigenvalue weighted by atomic mass is 10.2. The summed E-state index contributed by atoms with van der Waals surface area (Å²) in [6.45, 7) is 1.85. The fourth-order valence-electron chi connectivity index (χ4n) is 1.98. The average molecular weight is 290 g/mol. The summed E-state index contributed by atoms with van der Waals surface area (Å²) < 4.78 is 4.90. The zero-order valence-electron chi connectivity index (χ0n) is 10.7. The van der Waals surface area contributed by atoms with Crippen molar-refractivity contribution in [2.45, 2.75) is 13.0 Å². The Morgan fingerprint density at radius 1 is 1.40 bits per heavy atom. The lowest BCUT2D eigenvalue weighted by molar-refractivity contribution is 0.0938. The summed E-state index contributed by atoms with van der Waals surface area (Å²) in [5.41, 5.74) is 2.12. The van der Waals surface area contributed by atoms with E-state index >= 15 is 0 Å². The van der Waals surface area contributed by atoms with Crippen LogP contribution in [0.1, 0.15) is 29.1 Å². The summed E-state index contributed by atoms with van der Waals surface area (Å²) >= 11 is 5.78. The molecule has 0 spiro atoms. The van der Waals surface area contributed by atoms with Crippen LogP contribution in [-0.4, -0.2) is 15.9 Å². The third-order valence-corrected chi connectivity index (χ3v) is 3.32. The number of nitrogens with zero attached hydrogens (tertiary/aromatic N) is 1. The number of benzene rings is 1. The monoisotopic (exact) mass is 289 g/mol. The van der Waals surface area contributed by atoms with Gasteiger partial charge in [-0.2, -0.15) is 0 Å². The first-order chi connectivity index (χ1) is 9.65. The molecular formula is C14H12ClN3O2. The molecule has 0 aliphatic heterocycles. The number of carbonyl (C=O) groups excluding carboxylic acids is 1. The molecule has 1 atom stereocenters. The number of hydrogen-bond acceptors (Lipinski definition) is 3. The second-order valence-corrected chi connectivity index (χ2v) is 4.79. The second-order valence-electron chi connectivity index (χ2n) is 4.44. The Bertz CT molecular complexity index is 729. The number of aromatic amines is 1. The zero-order valence-corrected chi connectivity index (χ0v) is 11.4. The van der Waals surface area contributed by atoms with E-state index < -0.39 is 0 Å². The van der Waals surface area contributed by atoms with Gasteiger partial charge in [0.25, 0.3) is 5.91 Å². The first-order valence-corrected chi connectivity index (χ1v) is 6.51. The Kier molecular flexibility index (Phi) is 3.20. The first kappa shape index (κ1) is 12.7. The molecule has 102 valence electrons. The number of nitrogens with one attached hydrogen (secondary N) is 2. The number of rotatable bonds is 3. The summed E-state index contributed by atoms with van der Waals surface area (Å²) in [5, 5.41) is 2.91. The lowest BCUT2D eigenvalue weighted by Crippen LogP contribution is -2.27. The number of carbonyl (C=O) groups is 1. The van der Waals surface area contributed by atoms with Crippen molar-refractivity contribution in [1.82, 2.24) is 15.3 Å². The molecule has 0 fully saturated rings. The fourth-order valence-corrected chi connectivity index (χ4v) is 2.18. The highest BCUT2D eigenvalue weighted by molar-refractivity contribution is 6.32. The maximum absolute atomic E-state index is 12.0. The number of imidazole rings is 1. The molecular weight excluding hydrogens is 278 g/mol. The van der Waals surface area contributed by atoms with Crippen LogP contribution in [0.5, 0.6) is 0 Å². The van der Waals surface area contributed by atoms with Crippen LogP contribution in [0.2, 0.25) is 5.22 Å². The van der Waals surface area contributed by atoms with Gasteiger partial charge in [0.1, 0.15) is 5.82 Å². The average Bonchev–Trinajstić information content (AvgIpc) is 3.04. The Morgan fingerprint density at radius 2 is 2.20 bits per heavy atom. The summed E-state index contributed by atoms with van der Waals surface area (Å²) in [6, 6.07) is 8.97. The van der Waals surface area contributed by atoms with Crippen molar-refractivity contribution in [3.63, 3.8) is 0 Å². The maximum atomic E-state index is 12.0. The predicted molar refractivity (Wildman–Crippen MR) is 75.7 cm³/mol. The number of aromatic nitrogens is 2. The summed E-state index contributed by atoms with van der Waals surface area (Å²) in [5.74, 6) is 0.399. The summed E-state index contributed by atoms with van der Waals surface area (Å²) in [4.78, 5) is 19.6. The molecule has 1 unspecified atom stereocenters. The molecule has 2 N–H and O–H groups in total. The van der Waals surface area contributed by atoms with Gasteiger partial charge in [-0.3, -0.25) is 4.79 Å². The van der Waals surface area contributed by atoms with Gasteiger partial charge >= 0.3 is 0 Å². The molecule has 2 aromatic heterocycles. The van der Waals surface area contributed by atoms with Crippen LogP contribution >= 0.6 is 11.6 Å². The van der Waals surface area contributed by atoms with E-state index in [2.05, 4.69) is 15.3 Å². The van der Waals surface area contributed by atoms with Crippen molar-refractivity contribution >= 4 is 28.5 Å². The van der Waals surface area contributed by atoms with E-state index in [1.165, 1.54) is 12.3 Å². The molecule has 1 aromatic carbocycles. The number of halogens is 1. The molecule has 6 heteroatoms. The van der Waals surface area contributed by atoms with Gasteiger partial charge in [0.05, 0.1) is 28.9 Å². The third kappa shape index (κ3) is 2.28. The molecule has 0 aliphatic rings. The smallest absolute Gasteiger partial charge is 0.256 e. The normalized spacial score (nSPS) is 12.5. The largest absolute Gasteiger partial charge is 0.452 e. The van der Waals surface area contributed by atoms with Crippen LogP contribution in [0.25, 0.3) is 11.0 Å². The minimum Gasteiger partial charge on any atom is -0.452 e. The van der Waals surface area contributed by atoms with Crippen LogP contribution in [0.15, 0.2) is 41.0 Å². The number of fused-ring (bicyclic) bond motifs is 1. The van der Waals surface area contributed by atoms with Crippen molar-refractivity contribution in [1.29, 1.82) is 0 Å². The molecule has 0 radical (unpaired) electrons. The summed E-state index contributed by atoms with van der Waals surface area (Å²) in [7, 11) is 0. The standard InChI is InChI=1S/C14H12ClN3O2/c1-8(16-14(19)9-6-7-20-12(9)15)13-17-10-4-2-3-5-11(10)18-13/h2-8H,1H3,(H,16,19)(H,17,18). The van der Waals surface area contributed by atoms with E-state index in [0.29, 0.717) is 11.4 Å². The van der Waals surface area contributed by atoms with Crippen molar-refractivity contribution in [2.24, 2.45) is 0 Å². The van der Waals surface area contributed by atoms with Crippen LogP contribution in [-0.2, 0) is 0 Å². The highest BCUT2D eigenvalue weighted by atomic mass is 35.5. The topological polar surface area (TPSA) is 70.9 Å². The van der Waals surface area contributed by atoms with Crippen molar-refractivity contribution in [2.75, 3.05) is 0 Å². The Labute approximate surface area is 120 Å². The van der Waals surface area contributed by atoms with Crippen molar-refractivity contribution in [3.8, 4) is 0 Å². The van der Waals surface area contributed by atoms with Crippen molar-refractivity contribution < 1.29 is 9.21 Å². The van der Waals surface area contributed by atoms with E-state index in [9.17, 15) is 4.79 Å². The Morgan fingerprint density at radius 3 is 2.90 bits per heavy atom. The number of hydrogen-bond donors (Lipinski definition) is 2. The van der Waals surface area contributed by atoms with Crippen molar-refractivity contribution in [3.05, 3.63) is 53.2 Å².